The van der Waals surface area contributed by atoms with Crippen molar-refractivity contribution >= 4 is 29.4 Å². The number of carboxylic acid groups (broad SMARTS) is 1. The van der Waals surface area contributed by atoms with Gasteiger partial charge in [-0.15, -0.1) is 0 Å². The largest absolute Gasteiger partial charge is 0.478 e. The molecule has 0 saturated heterocycles. The van der Waals surface area contributed by atoms with E-state index in [-0.39, 0.29) is 5.56 Å². The summed E-state index contributed by atoms with van der Waals surface area (Å²) in [6.45, 7) is 1.05. The van der Waals surface area contributed by atoms with Gasteiger partial charge in [0.1, 0.15) is 5.57 Å². The molecule has 1 N–H and O–H groups in total. The highest BCUT2D eigenvalue weighted by atomic mass is 35.5. The molecule has 1 aromatic carbocycles. The van der Waals surface area contributed by atoms with Gasteiger partial charge < -0.3 is 5.11 Å². The Morgan fingerprint density at radius 1 is 1.32 bits per heavy atom. The predicted molar refractivity (Wildman–Crippen MR) is 62.7 cm³/mol. The first-order chi connectivity index (χ1) is 8.62. The molecular formula is C12H8ClF3O3. The molecule has 0 amide bonds. The molecule has 0 aliphatic heterocycles. The Labute approximate surface area is 111 Å². The van der Waals surface area contributed by atoms with Crippen LogP contribution in [0.3, 0.4) is 0 Å². The third-order valence-electron chi connectivity index (χ3n) is 2.22. The molecule has 0 spiro atoms. The number of hydrogen-bond donors (Lipinski definition) is 1. The first kappa shape index (κ1) is 15.2. The van der Waals surface area contributed by atoms with Gasteiger partial charge in [0, 0.05) is 0 Å². The predicted octanol–water partition coefficient (Wildman–Crippen LogP) is 3.42. The van der Waals surface area contributed by atoms with E-state index in [1.54, 1.807) is 0 Å². The molecular weight excluding hydrogens is 285 g/mol. The van der Waals surface area contributed by atoms with Crippen molar-refractivity contribution in [3.8, 4) is 0 Å². The Morgan fingerprint density at radius 2 is 1.89 bits per heavy atom. The van der Waals surface area contributed by atoms with E-state index >= 15 is 0 Å². The van der Waals surface area contributed by atoms with Gasteiger partial charge in [0.25, 0.3) is 0 Å². The van der Waals surface area contributed by atoms with Crippen LogP contribution in [-0.4, -0.2) is 16.9 Å². The molecule has 102 valence electrons. The average Bonchev–Trinajstić information content (AvgIpc) is 2.23. The monoisotopic (exact) mass is 292 g/mol. The summed E-state index contributed by atoms with van der Waals surface area (Å²) in [7, 11) is 0. The molecule has 0 unspecified atom stereocenters. The Kier molecular flexibility index (Phi) is 4.36. The number of aliphatic carboxylic acids is 1. The van der Waals surface area contributed by atoms with Crippen molar-refractivity contribution in [2.24, 2.45) is 0 Å². The van der Waals surface area contributed by atoms with Gasteiger partial charge in [0.05, 0.1) is 10.6 Å². The number of benzene rings is 1. The fourth-order valence-electron chi connectivity index (χ4n) is 1.33. The van der Waals surface area contributed by atoms with E-state index in [9.17, 15) is 22.8 Å². The second-order valence-corrected chi connectivity index (χ2v) is 4.06. The van der Waals surface area contributed by atoms with Crippen molar-refractivity contribution in [3.05, 3.63) is 39.9 Å². The number of rotatable bonds is 3. The van der Waals surface area contributed by atoms with Crippen molar-refractivity contribution < 1.29 is 27.9 Å². The molecule has 0 saturated carbocycles. The number of ketones is 1. The minimum atomic E-state index is -4.59. The van der Waals surface area contributed by atoms with E-state index in [0.29, 0.717) is 0 Å². The Hall–Kier alpha value is -1.82. The fourth-order valence-corrected chi connectivity index (χ4v) is 1.63. The first-order valence-electron chi connectivity index (χ1n) is 4.95. The van der Waals surface area contributed by atoms with Gasteiger partial charge in [-0.3, -0.25) is 4.79 Å². The first-order valence-corrected chi connectivity index (χ1v) is 5.33. The zero-order valence-corrected chi connectivity index (χ0v) is 10.3. The smallest absolute Gasteiger partial charge is 0.417 e. The molecule has 19 heavy (non-hydrogen) atoms. The van der Waals surface area contributed by atoms with Crippen molar-refractivity contribution in [3.63, 3.8) is 0 Å². The Bertz CT molecular complexity index is 546. The molecule has 1 aromatic rings. The summed E-state index contributed by atoms with van der Waals surface area (Å²) >= 11 is 5.48. The lowest BCUT2D eigenvalue weighted by atomic mass is 10.1. The third-order valence-corrected chi connectivity index (χ3v) is 2.53. The minimum Gasteiger partial charge on any atom is -0.478 e. The summed E-state index contributed by atoms with van der Waals surface area (Å²) < 4.78 is 37.4. The molecule has 7 heteroatoms. The Morgan fingerprint density at radius 3 is 2.26 bits per heavy atom. The summed E-state index contributed by atoms with van der Waals surface area (Å²) in [6, 6.07) is 2.73. The zero-order valence-electron chi connectivity index (χ0n) is 9.58. The maximum absolute atomic E-state index is 12.5. The van der Waals surface area contributed by atoms with Gasteiger partial charge in [0.2, 0.25) is 0 Å². The lowest BCUT2D eigenvalue weighted by molar-refractivity contribution is -0.137. The molecule has 1 rings (SSSR count). The van der Waals surface area contributed by atoms with Crippen LogP contribution in [0.1, 0.15) is 18.1 Å². The second kappa shape index (κ2) is 5.44. The van der Waals surface area contributed by atoms with Crippen LogP contribution in [0.15, 0.2) is 23.8 Å². The number of Topliss-reactive ketones (excluding diaryl/α,β-unsaturated/α-hetero) is 1. The topological polar surface area (TPSA) is 54.4 Å². The van der Waals surface area contributed by atoms with E-state index < -0.39 is 34.1 Å². The van der Waals surface area contributed by atoms with Gasteiger partial charge in [-0.25, -0.2) is 4.79 Å². The van der Waals surface area contributed by atoms with Crippen LogP contribution in [0.5, 0.6) is 0 Å². The molecule has 0 atom stereocenters. The average molecular weight is 293 g/mol. The number of carboxylic acids is 1. The lowest BCUT2D eigenvalue weighted by Gasteiger charge is -2.09. The van der Waals surface area contributed by atoms with E-state index in [1.165, 1.54) is 0 Å². The van der Waals surface area contributed by atoms with E-state index in [2.05, 4.69) is 0 Å². The summed E-state index contributed by atoms with van der Waals surface area (Å²) in [6.07, 6.45) is -3.62. The van der Waals surface area contributed by atoms with Gasteiger partial charge in [-0.2, -0.15) is 13.2 Å². The molecule has 0 aliphatic rings. The highest BCUT2D eigenvalue weighted by molar-refractivity contribution is 6.31. The quantitative estimate of drug-likeness (QED) is 0.527. The molecule has 0 aliphatic carbocycles. The highest BCUT2D eigenvalue weighted by Crippen LogP contribution is 2.35. The highest BCUT2D eigenvalue weighted by Gasteiger charge is 2.32. The van der Waals surface area contributed by atoms with Crippen LogP contribution in [0.4, 0.5) is 13.2 Å². The summed E-state index contributed by atoms with van der Waals surface area (Å²) in [4.78, 5) is 21.8. The van der Waals surface area contributed by atoms with Crippen LogP contribution in [0, 0.1) is 0 Å². The lowest BCUT2D eigenvalue weighted by Crippen LogP contribution is -2.09. The molecule has 3 nitrogen and oxygen atoms in total. The second-order valence-electron chi connectivity index (χ2n) is 3.66. The van der Waals surface area contributed by atoms with E-state index in [4.69, 9.17) is 16.7 Å². The molecule has 0 aromatic heterocycles. The van der Waals surface area contributed by atoms with Crippen LogP contribution < -0.4 is 0 Å². The SMILES string of the molecule is CC(=O)C(=Cc1ccc(C(F)(F)F)c(Cl)c1)C(=O)O. The maximum Gasteiger partial charge on any atom is 0.417 e. The number of alkyl halides is 3. The van der Waals surface area contributed by atoms with Crippen molar-refractivity contribution in [1.29, 1.82) is 0 Å². The van der Waals surface area contributed by atoms with E-state index in [1.807, 2.05) is 0 Å². The standard InChI is InChI=1S/C12H8ClF3O3/c1-6(17)8(11(18)19)4-7-2-3-9(10(13)5-7)12(14,15)16/h2-5H,1H3,(H,18,19). The van der Waals surface area contributed by atoms with Crippen LogP contribution in [0.2, 0.25) is 5.02 Å². The zero-order chi connectivity index (χ0) is 14.8. The number of carbonyl (C=O) groups excluding carboxylic acids is 1. The number of hydrogen-bond acceptors (Lipinski definition) is 2. The molecule has 0 heterocycles. The van der Waals surface area contributed by atoms with Gasteiger partial charge >= 0.3 is 12.1 Å². The summed E-state index contributed by atoms with van der Waals surface area (Å²) in [5, 5.41) is 8.20. The van der Waals surface area contributed by atoms with Gasteiger partial charge in [-0.05, 0) is 30.7 Å². The number of halogens is 4. The Balaban J connectivity index is 3.25. The maximum atomic E-state index is 12.5. The van der Waals surface area contributed by atoms with Crippen molar-refractivity contribution in [2.75, 3.05) is 0 Å². The number of carbonyl (C=O) groups is 2. The third kappa shape index (κ3) is 3.82. The molecule has 0 bridgehead atoms. The molecule has 0 fully saturated rings. The summed E-state index contributed by atoms with van der Waals surface area (Å²) in [5.41, 5.74) is -1.45. The normalized spacial score (nSPS) is 12.4. The summed E-state index contributed by atoms with van der Waals surface area (Å²) in [5.74, 6) is -2.16. The van der Waals surface area contributed by atoms with Gasteiger partial charge in [-0.1, -0.05) is 17.7 Å². The van der Waals surface area contributed by atoms with Gasteiger partial charge in [0.15, 0.2) is 5.78 Å². The van der Waals surface area contributed by atoms with Crippen LogP contribution in [0.25, 0.3) is 6.08 Å². The van der Waals surface area contributed by atoms with Crippen LogP contribution in [-0.2, 0) is 15.8 Å². The minimum absolute atomic E-state index is 0.102. The fraction of sp³-hybridized carbons (Fsp3) is 0.167. The molecule has 0 radical (unpaired) electrons. The van der Waals surface area contributed by atoms with Crippen molar-refractivity contribution in [2.45, 2.75) is 13.1 Å². The van der Waals surface area contributed by atoms with Crippen molar-refractivity contribution in [1.82, 2.24) is 0 Å². The van der Waals surface area contributed by atoms with E-state index in [0.717, 1.165) is 31.2 Å². The van der Waals surface area contributed by atoms with Crippen LogP contribution >= 0.6 is 11.6 Å².